The molecule has 2 heterocycles. The van der Waals surface area contributed by atoms with Gasteiger partial charge in [-0.25, -0.2) is 0 Å². The van der Waals surface area contributed by atoms with Gasteiger partial charge in [0.1, 0.15) is 5.69 Å². The summed E-state index contributed by atoms with van der Waals surface area (Å²) >= 11 is 0. The van der Waals surface area contributed by atoms with Crippen molar-refractivity contribution in [3.8, 4) is 0 Å². The first kappa shape index (κ1) is 20.2. The number of hydrogen-bond donors (Lipinski definition) is 2. The molecule has 0 aliphatic rings. The molecule has 0 unspecified atom stereocenters. The number of aromatic nitrogens is 2. The Morgan fingerprint density at radius 3 is 2.24 bits per heavy atom. The maximum absolute atomic E-state index is 12.6. The van der Waals surface area contributed by atoms with Crippen LogP contribution in [0.2, 0.25) is 0 Å². The van der Waals surface area contributed by atoms with E-state index in [1.807, 2.05) is 36.4 Å². The fourth-order valence-electron chi connectivity index (χ4n) is 2.73. The van der Waals surface area contributed by atoms with Gasteiger partial charge in [-0.1, -0.05) is 32.9 Å². The maximum atomic E-state index is 12.6. The third kappa shape index (κ3) is 5.48. The Hall–Kier alpha value is -3.54. The Balaban J connectivity index is 1.65. The number of anilines is 1. The number of carbonyl (C=O) groups is 2. The van der Waals surface area contributed by atoms with Crippen LogP contribution in [0.25, 0.3) is 0 Å². The Morgan fingerprint density at radius 1 is 0.897 bits per heavy atom. The standard InChI is InChI=1S/C23H24N4O2/c1-23(2,3)18-4-6-19(7-5-18)27-21(28)17-10-13-25-20(14-17)22(29)26-15-16-8-11-24-12-9-16/h4-14H,15H2,1-3H3,(H,26,29)(H,27,28). The van der Waals surface area contributed by atoms with Crippen molar-refractivity contribution in [1.82, 2.24) is 15.3 Å². The monoisotopic (exact) mass is 388 g/mol. The normalized spacial score (nSPS) is 11.0. The summed E-state index contributed by atoms with van der Waals surface area (Å²) in [5.41, 5.74) is 3.42. The van der Waals surface area contributed by atoms with Gasteiger partial charge in [-0.05, 0) is 52.9 Å². The molecule has 0 aliphatic heterocycles. The number of rotatable bonds is 5. The molecular weight excluding hydrogens is 364 g/mol. The van der Waals surface area contributed by atoms with Gasteiger partial charge in [0.15, 0.2) is 0 Å². The van der Waals surface area contributed by atoms with Crippen LogP contribution in [0.4, 0.5) is 5.69 Å². The molecular formula is C23H24N4O2. The lowest BCUT2D eigenvalue weighted by atomic mass is 9.87. The summed E-state index contributed by atoms with van der Waals surface area (Å²) < 4.78 is 0. The highest BCUT2D eigenvalue weighted by molar-refractivity contribution is 6.05. The van der Waals surface area contributed by atoms with E-state index >= 15 is 0 Å². The van der Waals surface area contributed by atoms with Crippen LogP contribution in [0.5, 0.6) is 0 Å². The number of nitrogens with zero attached hydrogens (tertiary/aromatic N) is 2. The molecule has 2 N–H and O–H groups in total. The smallest absolute Gasteiger partial charge is 0.270 e. The molecule has 0 fully saturated rings. The lowest BCUT2D eigenvalue weighted by Gasteiger charge is -2.19. The fourth-order valence-corrected chi connectivity index (χ4v) is 2.73. The highest BCUT2D eigenvalue weighted by atomic mass is 16.2. The van der Waals surface area contributed by atoms with Crippen LogP contribution in [-0.4, -0.2) is 21.8 Å². The first-order valence-electron chi connectivity index (χ1n) is 9.38. The van der Waals surface area contributed by atoms with Crippen LogP contribution in [0, 0.1) is 0 Å². The van der Waals surface area contributed by atoms with Crippen LogP contribution in [0.3, 0.4) is 0 Å². The third-order valence-corrected chi connectivity index (χ3v) is 4.47. The van der Waals surface area contributed by atoms with E-state index in [-0.39, 0.29) is 22.9 Å². The van der Waals surface area contributed by atoms with Crippen molar-refractivity contribution in [2.75, 3.05) is 5.32 Å². The molecule has 0 spiro atoms. The van der Waals surface area contributed by atoms with E-state index in [4.69, 9.17) is 0 Å². The summed E-state index contributed by atoms with van der Waals surface area (Å²) in [6.45, 7) is 6.77. The minimum absolute atomic E-state index is 0.0478. The van der Waals surface area contributed by atoms with Crippen LogP contribution < -0.4 is 10.6 Å². The van der Waals surface area contributed by atoms with E-state index in [1.54, 1.807) is 18.5 Å². The Labute approximate surface area is 170 Å². The zero-order valence-corrected chi connectivity index (χ0v) is 16.8. The second kappa shape index (κ2) is 8.65. The molecule has 3 aromatic rings. The van der Waals surface area contributed by atoms with Crippen molar-refractivity contribution in [2.45, 2.75) is 32.7 Å². The van der Waals surface area contributed by atoms with Gasteiger partial charge in [-0.2, -0.15) is 0 Å². The number of carbonyl (C=O) groups excluding carboxylic acids is 2. The predicted octanol–water partition coefficient (Wildman–Crippen LogP) is 3.96. The van der Waals surface area contributed by atoms with Gasteiger partial charge in [0.2, 0.25) is 0 Å². The quantitative estimate of drug-likeness (QED) is 0.693. The number of pyridine rings is 2. The van der Waals surface area contributed by atoms with Gasteiger partial charge in [0, 0.05) is 36.4 Å². The molecule has 0 bridgehead atoms. The van der Waals surface area contributed by atoms with E-state index < -0.39 is 0 Å². The molecule has 0 radical (unpaired) electrons. The summed E-state index contributed by atoms with van der Waals surface area (Å²) in [6.07, 6.45) is 4.79. The van der Waals surface area contributed by atoms with Crippen LogP contribution in [0.1, 0.15) is 52.7 Å². The van der Waals surface area contributed by atoms with E-state index in [2.05, 4.69) is 41.4 Å². The highest BCUT2D eigenvalue weighted by Crippen LogP contribution is 2.23. The van der Waals surface area contributed by atoms with Crippen LogP contribution in [0.15, 0.2) is 67.1 Å². The van der Waals surface area contributed by atoms with Crippen molar-refractivity contribution < 1.29 is 9.59 Å². The molecule has 6 heteroatoms. The van der Waals surface area contributed by atoms with Crippen LogP contribution >= 0.6 is 0 Å². The van der Waals surface area contributed by atoms with E-state index in [0.717, 1.165) is 5.56 Å². The topological polar surface area (TPSA) is 84.0 Å². The van der Waals surface area contributed by atoms with E-state index in [9.17, 15) is 9.59 Å². The van der Waals surface area contributed by atoms with Gasteiger partial charge < -0.3 is 10.6 Å². The van der Waals surface area contributed by atoms with E-state index in [1.165, 1.54) is 17.8 Å². The molecule has 2 aromatic heterocycles. The van der Waals surface area contributed by atoms with Gasteiger partial charge in [0.05, 0.1) is 0 Å². The van der Waals surface area contributed by atoms with Crippen molar-refractivity contribution in [1.29, 1.82) is 0 Å². The lowest BCUT2D eigenvalue weighted by molar-refractivity contribution is 0.0946. The molecule has 3 rings (SSSR count). The van der Waals surface area contributed by atoms with Gasteiger partial charge in [-0.15, -0.1) is 0 Å². The number of nitrogens with one attached hydrogen (secondary N) is 2. The molecule has 148 valence electrons. The van der Waals surface area contributed by atoms with Crippen LogP contribution in [-0.2, 0) is 12.0 Å². The minimum Gasteiger partial charge on any atom is -0.347 e. The van der Waals surface area contributed by atoms with Gasteiger partial charge in [0.25, 0.3) is 11.8 Å². The third-order valence-electron chi connectivity index (χ3n) is 4.47. The first-order chi connectivity index (χ1) is 13.8. The summed E-state index contributed by atoms with van der Waals surface area (Å²) in [4.78, 5) is 33.0. The zero-order valence-electron chi connectivity index (χ0n) is 16.8. The fraction of sp³-hybridized carbons (Fsp3) is 0.217. The number of hydrogen-bond acceptors (Lipinski definition) is 4. The second-order valence-electron chi connectivity index (χ2n) is 7.75. The Kier molecular flexibility index (Phi) is 6.02. The summed E-state index contributed by atoms with van der Waals surface area (Å²) in [5, 5.41) is 5.65. The van der Waals surface area contributed by atoms with E-state index in [0.29, 0.717) is 17.8 Å². The highest BCUT2D eigenvalue weighted by Gasteiger charge is 2.15. The Bertz CT molecular complexity index is 993. The molecule has 0 saturated heterocycles. The molecule has 0 saturated carbocycles. The molecule has 2 amide bonds. The summed E-state index contributed by atoms with van der Waals surface area (Å²) in [6, 6.07) is 14.5. The predicted molar refractivity (Wildman–Crippen MR) is 113 cm³/mol. The van der Waals surface area contributed by atoms with Crippen molar-refractivity contribution in [3.63, 3.8) is 0 Å². The lowest BCUT2D eigenvalue weighted by Crippen LogP contribution is -2.24. The SMILES string of the molecule is CC(C)(C)c1ccc(NC(=O)c2ccnc(C(=O)NCc3ccncc3)c2)cc1. The molecule has 29 heavy (non-hydrogen) atoms. The summed E-state index contributed by atoms with van der Waals surface area (Å²) in [7, 11) is 0. The molecule has 0 atom stereocenters. The zero-order chi connectivity index (χ0) is 20.9. The first-order valence-corrected chi connectivity index (χ1v) is 9.38. The largest absolute Gasteiger partial charge is 0.347 e. The second-order valence-corrected chi connectivity index (χ2v) is 7.75. The molecule has 6 nitrogen and oxygen atoms in total. The maximum Gasteiger partial charge on any atom is 0.270 e. The average Bonchev–Trinajstić information content (AvgIpc) is 2.72. The van der Waals surface area contributed by atoms with Crippen molar-refractivity contribution in [3.05, 3.63) is 89.5 Å². The minimum atomic E-state index is -0.342. The molecule has 1 aromatic carbocycles. The Morgan fingerprint density at radius 2 is 1.59 bits per heavy atom. The van der Waals surface area contributed by atoms with Gasteiger partial charge in [-0.3, -0.25) is 19.6 Å². The van der Waals surface area contributed by atoms with Gasteiger partial charge >= 0.3 is 0 Å². The number of benzene rings is 1. The van der Waals surface area contributed by atoms with Crippen molar-refractivity contribution >= 4 is 17.5 Å². The number of amides is 2. The van der Waals surface area contributed by atoms with Crippen molar-refractivity contribution in [2.24, 2.45) is 0 Å². The average molecular weight is 388 g/mol. The molecule has 0 aliphatic carbocycles. The summed E-state index contributed by atoms with van der Waals surface area (Å²) in [5.74, 6) is -0.634.